The van der Waals surface area contributed by atoms with Gasteiger partial charge in [-0.05, 0) is 36.3 Å². The van der Waals surface area contributed by atoms with E-state index in [1.807, 2.05) is 0 Å². The zero-order valence-electron chi connectivity index (χ0n) is 13.0. The van der Waals surface area contributed by atoms with E-state index in [4.69, 9.17) is 0 Å². The maximum Gasteiger partial charge on any atom is 0.0446 e. The number of hydrogen-bond donors (Lipinski definition) is 2. The Morgan fingerprint density at radius 1 is 1.16 bits per heavy atom. The molecule has 0 aliphatic heterocycles. The van der Waals surface area contributed by atoms with E-state index < -0.39 is 0 Å². The van der Waals surface area contributed by atoms with Gasteiger partial charge in [-0.1, -0.05) is 52.0 Å². The van der Waals surface area contributed by atoms with E-state index in [1.54, 1.807) is 0 Å². The third-order valence-electron chi connectivity index (χ3n) is 3.80. The lowest BCUT2D eigenvalue weighted by Crippen LogP contribution is -2.42. The third-order valence-corrected chi connectivity index (χ3v) is 3.80. The van der Waals surface area contributed by atoms with E-state index in [-0.39, 0.29) is 12.0 Å². The van der Waals surface area contributed by atoms with Crippen molar-refractivity contribution in [3.8, 4) is 0 Å². The average molecular weight is 263 g/mol. The van der Waals surface area contributed by atoms with Crippen LogP contribution in [-0.2, 0) is 6.42 Å². The van der Waals surface area contributed by atoms with E-state index in [2.05, 4.69) is 64.2 Å². The second-order valence-electron chi connectivity index (χ2n) is 6.41. The van der Waals surface area contributed by atoms with Gasteiger partial charge in [-0.3, -0.25) is 0 Å². The maximum atomic E-state index is 9.21. The molecule has 1 aromatic carbocycles. The fourth-order valence-corrected chi connectivity index (χ4v) is 2.34. The van der Waals surface area contributed by atoms with Crippen LogP contribution in [-0.4, -0.2) is 17.8 Å². The topological polar surface area (TPSA) is 32.3 Å². The first-order valence-corrected chi connectivity index (χ1v) is 7.34. The minimum Gasteiger partial charge on any atom is -0.396 e. The van der Waals surface area contributed by atoms with Crippen molar-refractivity contribution in [3.63, 3.8) is 0 Å². The summed E-state index contributed by atoms with van der Waals surface area (Å²) in [5, 5.41) is 12.9. The molecule has 0 aliphatic rings. The highest BCUT2D eigenvalue weighted by Crippen LogP contribution is 2.25. The standard InChI is InChI=1S/C17H29NO/c1-6-14-7-9-15(10-8-14)13(2)18-16(11-12-19)17(3,4)5/h7-10,13,16,18-19H,6,11-12H2,1-5H3. The van der Waals surface area contributed by atoms with Crippen LogP contribution in [0.5, 0.6) is 0 Å². The Balaban J connectivity index is 2.72. The zero-order valence-corrected chi connectivity index (χ0v) is 13.0. The lowest BCUT2D eigenvalue weighted by Gasteiger charge is -2.34. The molecule has 1 aromatic rings. The summed E-state index contributed by atoms with van der Waals surface area (Å²) in [5.41, 5.74) is 2.84. The molecule has 1 rings (SSSR count). The highest BCUT2D eigenvalue weighted by atomic mass is 16.3. The summed E-state index contributed by atoms with van der Waals surface area (Å²) in [6.07, 6.45) is 1.87. The second kappa shape index (κ2) is 7.06. The molecule has 0 radical (unpaired) electrons. The summed E-state index contributed by atoms with van der Waals surface area (Å²) in [7, 11) is 0. The molecular weight excluding hydrogens is 234 g/mol. The average Bonchev–Trinajstić information content (AvgIpc) is 2.37. The van der Waals surface area contributed by atoms with Crippen LogP contribution in [0.1, 0.15) is 58.2 Å². The van der Waals surface area contributed by atoms with Gasteiger partial charge in [0, 0.05) is 18.7 Å². The predicted octanol–water partition coefficient (Wildman–Crippen LogP) is 3.70. The molecule has 2 unspecified atom stereocenters. The SMILES string of the molecule is CCc1ccc(C(C)NC(CCO)C(C)(C)C)cc1. The Bertz CT molecular complexity index is 364. The molecule has 0 saturated carbocycles. The van der Waals surface area contributed by atoms with E-state index >= 15 is 0 Å². The van der Waals surface area contributed by atoms with Crippen LogP contribution in [0.3, 0.4) is 0 Å². The number of benzene rings is 1. The Morgan fingerprint density at radius 2 is 1.74 bits per heavy atom. The molecule has 2 N–H and O–H groups in total. The normalized spacial score (nSPS) is 15.3. The minimum absolute atomic E-state index is 0.153. The maximum absolute atomic E-state index is 9.21. The van der Waals surface area contributed by atoms with E-state index in [1.165, 1.54) is 11.1 Å². The smallest absolute Gasteiger partial charge is 0.0446 e. The van der Waals surface area contributed by atoms with Crippen molar-refractivity contribution in [1.82, 2.24) is 5.32 Å². The van der Waals surface area contributed by atoms with E-state index in [9.17, 15) is 5.11 Å². The fraction of sp³-hybridized carbons (Fsp3) is 0.647. The summed E-state index contributed by atoms with van der Waals surface area (Å²) in [5.74, 6) is 0. The molecule has 19 heavy (non-hydrogen) atoms. The van der Waals surface area contributed by atoms with Crippen molar-refractivity contribution in [2.75, 3.05) is 6.61 Å². The lowest BCUT2D eigenvalue weighted by molar-refractivity contribution is 0.188. The quantitative estimate of drug-likeness (QED) is 0.820. The first-order chi connectivity index (χ1) is 8.88. The van der Waals surface area contributed by atoms with Crippen LogP contribution >= 0.6 is 0 Å². The summed E-state index contributed by atoms with van der Waals surface area (Å²) in [4.78, 5) is 0. The van der Waals surface area contributed by atoms with Crippen molar-refractivity contribution < 1.29 is 5.11 Å². The molecule has 0 spiro atoms. The molecule has 2 atom stereocenters. The molecule has 0 fully saturated rings. The minimum atomic E-state index is 0.153. The fourth-order valence-electron chi connectivity index (χ4n) is 2.34. The number of aliphatic hydroxyl groups is 1. The summed E-state index contributed by atoms with van der Waals surface area (Å²) in [6.45, 7) is 11.2. The van der Waals surface area contributed by atoms with Crippen molar-refractivity contribution in [1.29, 1.82) is 0 Å². The van der Waals surface area contributed by atoms with Gasteiger partial charge in [0.15, 0.2) is 0 Å². The van der Waals surface area contributed by atoms with Gasteiger partial charge in [0.1, 0.15) is 0 Å². The van der Waals surface area contributed by atoms with Crippen LogP contribution in [0, 0.1) is 5.41 Å². The molecule has 0 aliphatic carbocycles. The first kappa shape index (κ1) is 16.2. The van der Waals surface area contributed by atoms with Gasteiger partial charge in [0.25, 0.3) is 0 Å². The van der Waals surface area contributed by atoms with Gasteiger partial charge < -0.3 is 10.4 Å². The zero-order chi connectivity index (χ0) is 14.5. The van der Waals surface area contributed by atoms with Gasteiger partial charge >= 0.3 is 0 Å². The molecule has 2 heteroatoms. The van der Waals surface area contributed by atoms with Crippen molar-refractivity contribution in [3.05, 3.63) is 35.4 Å². The van der Waals surface area contributed by atoms with Crippen molar-refractivity contribution in [2.24, 2.45) is 5.41 Å². The Kier molecular flexibility index (Phi) is 6.02. The molecule has 2 nitrogen and oxygen atoms in total. The van der Waals surface area contributed by atoms with Gasteiger partial charge in [0.05, 0.1) is 0 Å². The van der Waals surface area contributed by atoms with Crippen LogP contribution in [0.25, 0.3) is 0 Å². The Labute approximate surface area is 118 Å². The van der Waals surface area contributed by atoms with Crippen LogP contribution < -0.4 is 5.32 Å². The van der Waals surface area contributed by atoms with Crippen molar-refractivity contribution in [2.45, 2.75) is 59.5 Å². The number of aryl methyl sites for hydroxylation is 1. The highest BCUT2D eigenvalue weighted by Gasteiger charge is 2.25. The summed E-state index contributed by atoms with van der Waals surface area (Å²) >= 11 is 0. The van der Waals surface area contributed by atoms with E-state index in [0.717, 1.165) is 12.8 Å². The highest BCUT2D eigenvalue weighted by molar-refractivity contribution is 5.24. The van der Waals surface area contributed by atoms with Crippen LogP contribution in [0.2, 0.25) is 0 Å². The van der Waals surface area contributed by atoms with Crippen LogP contribution in [0.15, 0.2) is 24.3 Å². The largest absolute Gasteiger partial charge is 0.396 e. The Morgan fingerprint density at radius 3 is 2.16 bits per heavy atom. The lowest BCUT2D eigenvalue weighted by atomic mass is 9.84. The molecular formula is C17H29NO. The molecule has 0 saturated heterocycles. The number of aliphatic hydroxyl groups excluding tert-OH is 1. The van der Waals surface area contributed by atoms with Crippen LogP contribution in [0.4, 0.5) is 0 Å². The molecule has 108 valence electrons. The monoisotopic (exact) mass is 263 g/mol. The first-order valence-electron chi connectivity index (χ1n) is 7.34. The molecule has 0 amide bonds. The number of hydrogen-bond acceptors (Lipinski definition) is 2. The summed E-state index contributed by atoms with van der Waals surface area (Å²) < 4.78 is 0. The second-order valence-corrected chi connectivity index (χ2v) is 6.41. The summed E-state index contributed by atoms with van der Waals surface area (Å²) in [6, 6.07) is 9.43. The van der Waals surface area contributed by atoms with E-state index in [0.29, 0.717) is 12.1 Å². The number of nitrogens with one attached hydrogen (secondary N) is 1. The van der Waals surface area contributed by atoms with Gasteiger partial charge in [-0.25, -0.2) is 0 Å². The Hall–Kier alpha value is -0.860. The van der Waals surface area contributed by atoms with Gasteiger partial charge in [-0.2, -0.15) is 0 Å². The number of rotatable bonds is 6. The third kappa shape index (κ3) is 4.96. The van der Waals surface area contributed by atoms with Gasteiger partial charge in [0.2, 0.25) is 0 Å². The van der Waals surface area contributed by atoms with Crippen molar-refractivity contribution >= 4 is 0 Å². The predicted molar refractivity (Wildman–Crippen MR) is 82.3 cm³/mol. The molecule has 0 heterocycles. The van der Waals surface area contributed by atoms with Gasteiger partial charge in [-0.15, -0.1) is 0 Å². The molecule has 0 aromatic heterocycles. The molecule has 0 bridgehead atoms.